The highest BCUT2D eigenvalue weighted by Gasteiger charge is 2.39. The number of benzene rings is 3. The van der Waals surface area contributed by atoms with E-state index < -0.39 is 40.7 Å². The molecule has 43 heavy (non-hydrogen) atoms. The number of ether oxygens (including phenoxy) is 3. The highest BCUT2D eigenvalue weighted by atomic mass is 35.5. The van der Waals surface area contributed by atoms with Crippen LogP contribution in [0.3, 0.4) is 0 Å². The number of nitrogens with one attached hydrogen (secondary N) is 1. The number of Topliss-reactive ketones (excluding diaryl/α,β-unsaturated/α-hetero) is 1. The molecule has 0 radical (unpaired) electrons. The normalized spacial score (nSPS) is 13.8. The largest absolute Gasteiger partial charge is 0.493 e. The number of methoxy groups -OCH3 is 1. The molecule has 3 N–H and O–H groups in total. The van der Waals surface area contributed by atoms with Crippen LogP contribution in [0.4, 0.5) is 23.2 Å². The minimum atomic E-state index is -4.73. The number of nitrogens with two attached hydrogens (primary N) is 1. The molecule has 0 aliphatic heterocycles. The van der Waals surface area contributed by atoms with Gasteiger partial charge in [-0.25, -0.2) is 4.39 Å². The first-order valence-corrected chi connectivity index (χ1v) is 13.3. The van der Waals surface area contributed by atoms with E-state index in [1.54, 1.807) is 12.1 Å². The minimum Gasteiger partial charge on any atom is -0.493 e. The zero-order valence-electron chi connectivity index (χ0n) is 22.6. The number of carbonyl (C=O) groups excluding carboxylic acids is 2. The van der Waals surface area contributed by atoms with Gasteiger partial charge in [0.2, 0.25) is 5.78 Å². The van der Waals surface area contributed by atoms with Crippen LogP contribution in [-0.4, -0.2) is 35.9 Å². The van der Waals surface area contributed by atoms with Crippen molar-refractivity contribution in [1.29, 1.82) is 0 Å². The van der Waals surface area contributed by atoms with Gasteiger partial charge in [0.1, 0.15) is 12.4 Å². The monoisotopic (exact) mass is 617 g/mol. The highest BCUT2D eigenvalue weighted by molar-refractivity contribution is 6.41. The van der Waals surface area contributed by atoms with Crippen molar-refractivity contribution in [3.8, 4) is 23.0 Å². The lowest BCUT2D eigenvalue weighted by molar-refractivity contribution is -0.137. The summed E-state index contributed by atoms with van der Waals surface area (Å²) >= 11 is 5.59. The summed E-state index contributed by atoms with van der Waals surface area (Å²) in [4.78, 5) is 29.1. The number of hydrogen-bond donors (Lipinski definition) is 2. The second-order valence-corrected chi connectivity index (χ2v) is 10.5. The van der Waals surface area contributed by atoms with Crippen LogP contribution in [-0.2, 0) is 22.2 Å². The van der Waals surface area contributed by atoms with E-state index in [4.69, 9.17) is 31.5 Å². The van der Waals surface area contributed by atoms with Crippen LogP contribution >= 0.6 is 11.6 Å². The van der Waals surface area contributed by atoms with E-state index in [0.29, 0.717) is 35.1 Å². The van der Waals surface area contributed by atoms with Gasteiger partial charge >= 0.3 is 6.18 Å². The molecule has 0 unspecified atom stereocenters. The molecule has 3 aromatic carbocycles. The Hall–Kier alpha value is -4.42. The van der Waals surface area contributed by atoms with Crippen molar-refractivity contribution < 1.29 is 41.4 Å². The van der Waals surface area contributed by atoms with E-state index in [1.165, 1.54) is 37.6 Å². The summed E-state index contributed by atoms with van der Waals surface area (Å²) in [6.07, 6.45) is -2.11. The molecule has 0 saturated heterocycles. The molecule has 0 atom stereocenters. The number of amides is 1. The number of aromatic nitrogens is 1. The molecule has 1 fully saturated rings. The number of ketones is 1. The number of halogens is 5. The van der Waals surface area contributed by atoms with Crippen molar-refractivity contribution >= 4 is 39.9 Å². The van der Waals surface area contributed by atoms with Crippen LogP contribution in [0.2, 0.25) is 5.02 Å². The highest BCUT2D eigenvalue weighted by Crippen LogP contribution is 2.40. The Morgan fingerprint density at radius 2 is 1.79 bits per heavy atom. The molecular formula is C30H24ClF4N3O5. The van der Waals surface area contributed by atoms with Crippen LogP contribution in [0.25, 0.3) is 10.9 Å². The third kappa shape index (κ3) is 6.98. The van der Waals surface area contributed by atoms with Gasteiger partial charge < -0.3 is 25.3 Å². The quantitative estimate of drug-likeness (QED) is 0.155. The predicted octanol–water partition coefficient (Wildman–Crippen LogP) is 6.47. The lowest BCUT2D eigenvalue weighted by Crippen LogP contribution is -2.29. The topological polar surface area (TPSA) is 113 Å². The standard InChI is InChI=1S/C30H24ClF4N3O5/c1-41-26-13-18-22(14-27(26)42-15-29(36)7-8-29)37-9-6-24(18)43-25-5-3-17(12-21(25)32)38-28(40)23(39)11-16-2-4-20(31)19(10-16)30(33,34)35/h2-6,9-10,12-14H,7-8,11,15,36H2,1H3,(H,38,40). The Kier molecular flexibility index (Phi) is 8.17. The number of pyridine rings is 1. The van der Waals surface area contributed by atoms with E-state index in [1.807, 2.05) is 0 Å². The molecular weight excluding hydrogens is 594 g/mol. The summed E-state index contributed by atoms with van der Waals surface area (Å²) in [6.45, 7) is 0.324. The first-order valence-electron chi connectivity index (χ1n) is 12.9. The predicted molar refractivity (Wildman–Crippen MR) is 150 cm³/mol. The van der Waals surface area contributed by atoms with E-state index in [-0.39, 0.29) is 28.3 Å². The summed E-state index contributed by atoms with van der Waals surface area (Å²) in [5, 5.41) is 2.23. The number of nitrogens with zero attached hydrogens (tertiary/aromatic N) is 1. The number of anilines is 1. The number of carbonyl (C=O) groups is 2. The van der Waals surface area contributed by atoms with Crippen molar-refractivity contribution in [1.82, 2.24) is 4.98 Å². The van der Waals surface area contributed by atoms with Crippen molar-refractivity contribution in [2.24, 2.45) is 5.73 Å². The first kappa shape index (κ1) is 30.1. The van der Waals surface area contributed by atoms with Gasteiger partial charge in [0.25, 0.3) is 5.91 Å². The van der Waals surface area contributed by atoms with Crippen LogP contribution in [0.1, 0.15) is 24.0 Å². The molecule has 1 heterocycles. The second kappa shape index (κ2) is 11.7. The number of fused-ring (bicyclic) bond motifs is 1. The van der Waals surface area contributed by atoms with E-state index in [9.17, 15) is 22.8 Å². The fourth-order valence-corrected chi connectivity index (χ4v) is 4.39. The molecule has 5 rings (SSSR count). The van der Waals surface area contributed by atoms with Crippen molar-refractivity contribution in [2.45, 2.75) is 31.0 Å². The number of rotatable bonds is 10. The first-order chi connectivity index (χ1) is 20.3. The smallest absolute Gasteiger partial charge is 0.417 e. The van der Waals surface area contributed by atoms with Gasteiger partial charge in [0, 0.05) is 35.8 Å². The molecule has 0 bridgehead atoms. The Labute approximate surface area is 247 Å². The molecule has 1 amide bonds. The maximum atomic E-state index is 15.0. The zero-order valence-corrected chi connectivity index (χ0v) is 23.3. The summed E-state index contributed by atoms with van der Waals surface area (Å²) in [7, 11) is 1.48. The average molecular weight is 618 g/mol. The van der Waals surface area contributed by atoms with Crippen LogP contribution in [0.15, 0.2) is 60.8 Å². The van der Waals surface area contributed by atoms with Gasteiger partial charge in [-0.15, -0.1) is 0 Å². The fraction of sp³-hybridized carbons (Fsp3) is 0.233. The summed E-state index contributed by atoms with van der Waals surface area (Å²) < 4.78 is 71.4. The molecule has 1 aliphatic carbocycles. The second-order valence-electron chi connectivity index (χ2n) is 10.1. The Bertz CT molecular complexity index is 1730. The van der Waals surface area contributed by atoms with Gasteiger partial charge in [-0.3, -0.25) is 14.6 Å². The van der Waals surface area contributed by atoms with Gasteiger partial charge in [0.05, 0.1) is 28.8 Å². The molecule has 224 valence electrons. The van der Waals surface area contributed by atoms with Crippen molar-refractivity contribution in [3.05, 3.63) is 82.8 Å². The van der Waals surface area contributed by atoms with Crippen molar-refractivity contribution in [3.63, 3.8) is 0 Å². The molecule has 4 aromatic rings. The van der Waals surface area contributed by atoms with Crippen molar-refractivity contribution in [2.75, 3.05) is 19.0 Å². The molecule has 1 aliphatic rings. The Morgan fingerprint density at radius 1 is 1.02 bits per heavy atom. The third-order valence-corrected chi connectivity index (χ3v) is 7.09. The summed E-state index contributed by atoms with van der Waals surface area (Å²) in [5.74, 6) is -2.08. The molecule has 13 heteroatoms. The maximum absolute atomic E-state index is 15.0. The fourth-order valence-electron chi connectivity index (χ4n) is 4.16. The number of hydrogen-bond acceptors (Lipinski definition) is 7. The zero-order chi connectivity index (χ0) is 30.9. The SMILES string of the molecule is COc1cc2c(Oc3ccc(NC(=O)C(=O)Cc4ccc(Cl)c(C(F)(F)F)c4)cc3F)ccnc2cc1OCC1(N)CC1. The molecule has 1 aromatic heterocycles. The molecule has 1 saturated carbocycles. The maximum Gasteiger partial charge on any atom is 0.417 e. The summed E-state index contributed by atoms with van der Waals surface area (Å²) in [5.41, 5.74) is 5.03. The number of alkyl halides is 3. The average Bonchev–Trinajstić information content (AvgIpc) is 3.70. The van der Waals surface area contributed by atoms with E-state index in [0.717, 1.165) is 25.0 Å². The Morgan fingerprint density at radius 3 is 2.47 bits per heavy atom. The van der Waals surface area contributed by atoms with E-state index in [2.05, 4.69) is 10.3 Å². The van der Waals surface area contributed by atoms with E-state index >= 15 is 4.39 Å². The lowest BCUT2D eigenvalue weighted by atomic mass is 10.0. The van der Waals surface area contributed by atoms with Gasteiger partial charge in [0.15, 0.2) is 23.1 Å². The third-order valence-electron chi connectivity index (χ3n) is 6.76. The Balaban J connectivity index is 1.28. The van der Waals surface area contributed by atoms with Crippen LogP contribution in [0, 0.1) is 5.82 Å². The van der Waals surface area contributed by atoms with Gasteiger partial charge in [-0.05, 0) is 54.8 Å². The van der Waals surface area contributed by atoms with Crippen LogP contribution in [0.5, 0.6) is 23.0 Å². The van der Waals surface area contributed by atoms with Gasteiger partial charge in [-0.1, -0.05) is 17.7 Å². The van der Waals surface area contributed by atoms with Crippen LogP contribution < -0.4 is 25.3 Å². The lowest BCUT2D eigenvalue weighted by Gasteiger charge is -2.16. The molecule has 8 nitrogen and oxygen atoms in total. The summed E-state index contributed by atoms with van der Waals surface area (Å²) in [6, 6.07) is 11.3. The van der Waals surface area contributed by atoms with Gasteiger partial charge in [-0.2, -0.15) is 13.2 Å². The minimum absolute atomic E-state index is 0.0575. The molecule has 0 spiro atoms.